The Morgan fingerprint density at radius 2 is 2.25 bits per heavy atom. The highest BCUT2D eigenvalue weighted by Gasteiger charge is 2.33. The standard InChI is InChI=1S/C14H18BrFN2O2/c1-14(20-2)4-3-5-18(8-14)13(19)9-6-12(17)11(16)7-10(9)15/h6-7H,3-5,8,17H2,1-2H3. The molecule has 1 amide bonds. The first-order valence-corrected chi connectivity index (χ1v) is 7.24. The fourth-order valence-electron chi connectivity index (χ4n) is 2.45. The van der Waals surface area contributed by atoms with Crippen LogP contribution in [0.15, 0.2) is 16.6 Å². The number of halogens is 2. The molecule has 20 heavy (non-hydrogen) atoms. The van der Waals surface area contributed by atoms with Crippen LogP contribution in [0.3, 0.4) is 0 Å². The number of likely N-dealkylation sites (tertiary alicyclic amines) is 1. The second-order valence-electron chi connectivity index (χ2n) is 5.34. The molecular weight excluding hydrogens is 327 g/mol. The van der Waals surface area contributed by atoms with E-state index < -0.39 is 5.82 Å². The monoisotopic (exact) mass is 344 g/mol. The van der Waals surface area contributed by atoms with Crippen molar-refractivity contribution in [2.24, 2.45) is 0 Å². The Hall–Kier alpha value is -1.14. The van der Waals surface area contributed by atoms with Gasteiger partial charge in [0, 0.05) is 24.7 Å². The van der Waals surface area contributed by atoms with Crippen LogP contribution in [-0.4, -0.2) is 36.6 Å². The van der Waals surface area contributed by atoms with Crippen LogP contribution in [0.5, 0.6) is 0 Å². The predicted molar refractivity (Wildman–Crippen MR) is 79.1 cm³/mol. The van der Waals surface area contributed by atoms with Gasteiger partial charge in [0.15, 0.2) is 0 Å². The molecule has 1 fully saturated rings. The Morgan fingerprint density at radius 1 is 1.55 bits per heavy atom. The van der Waals surface area contributed by atoms with E-state index >= 15 is 0 Å². The average Bonchev–Trinajstić information content (AvgIpc) is 2.42. The number of carbonyl (C=O) groups excluding carboxylic acids is 1. The normalized spacial score (nSPS) is 22.9. The van der Waals surface area contributed by atoms with Crippen LogP contribution < -0.4 is 5.73 Å². The van der Waals surface area contributed by atoms with E-state index in [4.69, 9.17) is 10.5 Å². The van der Waals surface area contributed by atoms with Crippen LogP contribution in [0.25, 0.3) is 0 Å². The van der Waals surface area contributed by atoms with Gasteiger partial charge >= 0.3 is 0 Å². The van der Waals surface area contributed by atoms with Crippen LogP contribution in [0.4, 0.5) is 10.1 Å². The van der Waals surface area contributed by atoms with Gasteiger partial charge in [-0.05, 0) is 47.8 Å². The maximum atomic E-state index is 13.3. The first-order chi connectivity index (χ1) is 9.36. The number of methoxy groups -OCH3 is 1. The highest BCUT2D eigenvalue weighted by molar-refractivity contribution is 9.10. The zero-order valence-corrected chi connectivity index (χ0v) is 13.2. The smallest absolute Gasteiger partial charge is 0.255 e. The van der Waals surface area contributed by atoms with Crippen LogP contribution in [-0.2, 0) is 4.74 Å². The number of nitrogen functional groups attached to an aromatic ring is 1. The number of benzene rings is 1. The minimum Gasteiger partial charge on any atom is -0.396 e. The molecular formula is C14H18BrFN2O2. The molecule has 0 aromatic heterocycles. The summed E-state index contributed by atoms with van der Waals surface area (Å²) in [6.07, 6.45) is 1.80. The summed E-state index contributed by atoms with van der Waals surface area (Å²) in [5.41, 5.74) is 5.57. The van der Waals surface area contributed by atoms with E-state index in [2.05, 4.69) is 15.9 Å². The van der Waals surface area contributed by atoms with Crippen molar-refractivity contribution in [2.75, 3.05) is 25.9 Å². The van der Waals surface area contributed by atoms with Crippen LogP contribution in [0.1, 0.15) is 30.1 Å². The van der Waals surface area contributed by atoms with Gasteiger partial charge in [-0.3, -0.25) is 4.79 Å². The molecule has 1 aliphatic rings. The van der Waals surface area contributed by atoms with Gasteiger partial charge in [0.05, 0.1) is 16.9 Å². The Kier molecular flexibility index (Phi) is 4.34. The first kappa shape index (κ1) is 15.3. The first-order valence-electron chi connectivity index (χ1n) is 6.45. The van der Waals surface area contributed by atoms with Gasteiger partial charge in [-0.15, -0.1) is 0 Å². The molecule has 110 valence electrons. The lowest BCUT2D eigenvalue weighted by molar-refractivity contribution is -0.0440. The fraction of sp³-hybridized carbons (Fsp3) is 0.500. The highest BCUT2D eigenvalue weighted by atomic mass is 79.9. The maximum Gasteiger partial charge on any atom is 0.255 e. The molecule has 1 unspecified atom stereocenters. The van der Waals surface area contributed by atoms with Gasteiger partial charge in [0.2, 0.25) is 0 Å². The number of ether oxygens (including phenoxy) is 1. The number of hydrogen-bond donors (Lipinski definition) is 1. The Balaban J connectivity index is 2.25. The molecule has 0 radical (unpaired) electrons. The van der Waals surface area contributed by atoms with Gasteiger partial charge in [-0.1, -0.05) is 0 Å². The summed E-state index contributed by atoms with van der Waals surface area (Å²) in [5, 5.41) is 0. The van der Waals surface area contributed by atoms with Crippen LogP contribution >= 0.6 is 15.9 Å². The molecule has 1 aromatic carbocycles. The SMILES string of the molecule is COC1(C)CCCN(C(=O)c2cc(N)c(F)cc2Br)C1. The lowest BCUT2D eigenvalue weighted by atomic mass is 9.94. The van der Waals surface area contributed by atoms with Crippen molar-refractivity contribution in [3.8, 4) is 0 Å². The third-order valence-corrected chi connectivity index (χ3v) is 4.41. The molecule has 6 heteroatoms. The minimum atomic E-state index is -0.534. The summed E-state index contributed by atoms with van der Waals surface area (Å²) < 4.78 is 19.2. The number of piperidine rings is 1. The van der Waals surface area contributed by atoms with E-state index in [0.717, 1.165) is 12.8 Å². The van der Waals surface area contributed by atoms with Crippen LogP contribution in [0.2, 0.25) is 0 Å². The molecule has 0 bridgehead atoms. The minimum absolute atomic E-state index is 0.0249. The van der Waals surface area contributed by atoms with Crippen LogP contribution in [0, 0.1) is 5.82 Å². The molecule has 1 aliphatic heterocycles. The van der Waals surface area contributed by atoms with Gasteiger partial charge in [0.1, 0.15) is 5.82 Å². The third kappa shape index (κ3) is 2.96. The second kappa shape index (κ2) is 5.69. The number of anilines is 1. The summed E-state index contributed by atoms with van der Waals surface area (Å²) in [4.78, 5) is 14.3. The third-order valence-electron chi connectivity index (χ3n) is 3.76. The molecule has 2 N–H and O–H groups in total. The lowest BCUT2D eigenvalue weighted by Gasteiger charge is -2.39. The molecule has 2 rings (SSSR count). The molecule has 1 heterocycles. The molecule has 4 nitrogen and oxygen atoms in total. The van der Waals surface area contributed by atoms with Gasteiger partial charge in [-0.2, -0.15) is 0 Å². The van der Waals surface area contributed by atoms with Crippen molar-refractivity contribution in [1.82, 2.24) is 4.90 Å². The summed E-state index contributed by atoms with van der Waals surface area (Å²) in [6.45, 7) is 3.17. The van der Waals surface area contributed by atoms with E-state index in [1.165, 1.54) is 12.1 Å². The summed E-state index contributed by atoms with van der Waals surface area (Å²) >= 11 is 3.22. The van der Waals surface area contributed by atoms with Gasteiger partial charge in [0.25, 0.3) is 5.91 Å². The van der Waals surface area contributed by atoms with E-state index in [0.29, 0.717) is 23.1 Å². The average molecular weight is 345 g/mol. The number of nitrogens with two attached hydrogens (primary N) is 1. The van der Waals surface area contributed by atoms with Gasteiger partial charge < -0.3 is 15.4 Å². The largest absolute Gasteiger partial charge is 0.396 e. The number of amides is 1. The van der Waals surface area contributed by atoms with E-state index in [1.807, 2.05) is 6.92 Å². The summed E-state index contributed by atoms with van der Waals surface area (Å²) in [6, 6.07) is 2.60. The number of nitrogens with zero attached hydrogens (tertiary/aromatic N) is 1. The Labute approximate surface area is 126 Å². The Morgan fingerprint density at radius 3 is 2.90 bits per heavy atom. The highest BCUT2D eigenvalue weighted by Crippen LogP contribution is 2.28. The van der Waals surface area contributed by atoms with Crippen molar-refractivity contribution in [3.05, 3.63) is 28.0 Å². The van der Waals surface area contributed by atoms with Crippen molar-refractivity contribution in [2.45, 2.75) is 25.4 Å². The fourth-order valence-corrected chi connectivity index (χ4v) is 2.93. The maximum absolute atomic E-state index is 13.3. The van der Waals surface area contributed by atoms with E-state index in [9.17, 15) is 9.18 Å². The Bertz CT molecular complexity index is 538. The summed E-state index contributed by atoms with van der Waals surface area (Å²) in [7, 11) is 1.65. The van der Waals surface area contributed by atoms with Crippen molar-refractivity contribution in [1.29, 1.82) is 0 Å². The predicted octanol–water partition coefficient (Wildman–Crippen LogP) is 2.81. The number of carbonyl (C=O) groups is 1. The number of rotatable bonds is 2. The number of hydrogen-bond acceptors (Lipinski definition) is 3. The van der Waals surface area contributed by atoms with E-state index in [-0.39, 0.29) is 17.2 Å². The lowest BCUT2D eigenvalue weighted by Crippen LogP contribution is -2.49. The van der Waals surface area contributed by atoms with E-state index in [1.54, 1.807) is 12.0 Å². The zero-order valence-electron chi connectivity index (χ0n) is 11.6. The molecule has 0 spiro atoms. The molecule has 0 aliphatic carbocycles. The quantitative estimate of drug-likeness (QED) is 0.839. The molecule has 1 atom stereocenters. The van der Waals surface area contributed by atoms with Gasteiger partial charge in [-0.25, -0.2) is 4.39 Å². The molecule has 0 saturated carbocycles. The van der Waals surface area contributed by atoms with Crippen molar-refractivity contribution in [3.63, 3.8) is 0 Å². The van der Waals surface area contributed by atoms with Crippen molar-refractivity contribution < 1.29 is 13.9 Å². The second-order valence-corrected chi connectivity index (χ2v) is 6.19. The zero-order chi connectivity index (χ0) is 14.9. The molecule has 1 aromatic rings. The topological polar surface area (TPSA) is 55.6 Å². The summed E-state index contributed by atoms with van der Waals surface area (Å²) in [5.74, 6) is -0.694. The van der Waals surface area contributed by atoms with Crippen molar-refractivity contribution >= 4 is 27.5 Å². The molecule has 1 saturated heterocycles.